The molecule has 2 aromatic carbocycles. The number of hydrogen-bond donors (Lipinski definition) is 3. The van der Waals surface area contributed by atoms with Crippen LogP contribution in [0, 0.1) is 0 Å². The third-order valence-corrected chi connectivity index (χ3v) is 3.27. The number of aliphatic hydroxyl groups is 2. The Kier molecular flexibility index (Phi) is 4.73. The first-order valence-corrected chi connectivity index (χ1v) is 6.85. The SMILES string of the molecule is CC(O)CNC(=O)C(O)(c1ccccc1)c1ccccc1. The summed E-state index contributed by atoms with van der Waals surface area (Å²) in [5.41, 5.74) is -0.809. The molecule has 1 atom stereocenters. The molecule has 2 aromatic rings. The Hall–Kier alpha value is -2.17. The Morgan fingerprint density at radius 1 is 1.05 bits per heavy atom. The van der Waals surface area contributed by atoms with Crippen LogP contribution in [0.25, 0.3) is 0 Å². The molecule has 110 valence electrons. The number of benzene rings is 2. The topological polar surface area (TPSA) is 69.6 Å². The summed E-state index contributed by atoms with van der Waals surface area (Å²) in [6, 6.07) is 17.5. The fraction of sp³-hybridized carbons (Fsp3) is 0.235. The maximum Gasteiger partial charge on any atom is 0.261 e. The number of aliphatic hydroxyl groups excluding tert-OH is 1. The molecule has 21 heavy (non-hydrogen) atoms. The van der Waals surface area contributed by atoms with Crippen molar-refractivity contribution < 1.29 is 15.0 Å². The highest BCUT2D eigenvalue weighted by Gasteiger charge is 2.39. The number of nitrogens with one attached hydrogen (secondary N) is 1. The second-order valence-electron chi connectivity index (χ2n) is 5.00. The Balaban J connectivity index is 2.42. The van der Waals surface area contributed by atoms with E-state index in [1.807, 2.05) is 12.1 Å². The van der Waals surface area contributed by atoms with E-state index in [1.54, 1.807) is 55.5 Å². The molecule has 0 saturated carbocycles. The summed E-state index contributed by atoms with van der Waals surface area (Å²) in [7, 11) is 0. The molecule has 0 radical (unpaired) electrons. The zero-order valence-corrected chi connectivity index (χ0v) is 11.9. The van der Waals surface area contributed by atoms with Crippen LogP contribution in [0.1, 0.15) is 18.1 Å². The summed E-state index contributed by atoms with van der Waals surface area (Å²) in [5.74, 6) is -0.555. The molecular weight excluding hydrogens is 266 g/mol. The first-order valence-electron chi connectivity index (χ1n) is 6.85. The van der Waals surface area contributed by atoms with E-state index in [0.29, 0.717) is 11.1 Å². The lowest BCUT2D eigenvalue weighted by atomic mass is 9.85. The van der Waals surface area contributed by atoms with Crippen LogP contribution in [-0.2, 0) is 10.4 Å². The predicted molar refractivity (Wildman–Crippen MR) is 80.6 cm³/mol. The van der Waals surface area contributed by atoms with Crippen molar-refractivity contribution in [3.8, 4) is 0 Å². The summed E-state index contributed by atoms with van der Waals surface area (Å²) < 4.78 is 0. The molecule has 1 unspecified atom stereocenters. The third kappa shape index (κ3) is 3.29. The van der Waals surface area contributed by atoms with Crippen molar-refractivity contribution in [3.05, 3.63) is 71.8 Å². The van der Waals surface area contributed by atoms with Crippen LogP contribution in [0.4, 0.5) is 0 Å². The van der Waals surface area contributed by atoms with Crippen LogP contribution in [0.3, 0.4) is 0 Å². The Labute approximate surface area is 124 Å². The van der Waals surface area contributed by atoms with Crippen LogP contribution in [-0.4, -0.2) is 28.8 Å². The maximum atomic E-state index is 12.5. The molecule has 0 spiro atoms. The van der Waals surface area contributed by atoms with E-state index in [-0.39, 0.29) is 6.54 Å². The summed E-state index contributed by atoms with van der Waals surface area (Å²) in [6.07, 6.45) is -0.676. The van der Waals surface area contributed by atoms with Gasteiger partial charge in [0.2, 0.25) is 0 Å². The summed E-state index contributed by atoms with van der Waals surface area (Å²) in [5, 5.41) is 22.9. The van der Waals surface area contributed by atoms with Crippen LogP contribution < -0.4 is 5.32 Å². The Morgan fingerprint density at radius 3 is 1.86 bits per heavy atom. The lowest BCUT2D eigenvalue weighted by Gasteiger charge is -2.28. The van der Waals surface area contributed by atoms with E-state index in [1.165, 1.54) is 0 Å². The molecule has 3 N–H and O–H groups in total. The van der Waals surface area contributed by atoms with Gasteiger partial charge in [-0.25, -0.2) is 0 Å². The monoisotopic (exact) mass is 285 g/mol. The van der Waals surface area contributed by atoms with Crippen LogP contribution in [0.2, 0.25) is 0 Å². The van der Waals surface area contributed by atoms with Crippen molar-refractivity contribution in [3.63, 3.8) is 0 Å². The molecule has 0 bridgehead atoms. The first-order chi connectivity index (χ1) is 10.0. The fourth-order valence-corrected chi connectivity index (χ4v) is 2.16. The van der Waals surface area contributed by atoms with Gasteiger partial charge in [0.05, 0.1) is 6.10 Å². The number of rotatable bonds is 5. The standard InChI is InChI=1S/C17H19NO3/c1-13(19)12-18-16(20)17(21,14-8-4-2-5-9-14)15-10-6-3-7-11-15/h2-11,13,19,21H,12H2,1H3,(H,18,20). The molecule has 0 aromatic heterocycles. The second-order valence-corrected chi connectivity index (χ2v) is 5.00. The van der Waals surface area contributed by atoms with Gasteiger partial charge in [-0.05, 0) is 18.1 Å². The first kappa shape index (κ1) is 15.2. The van der Waals surface area contributed by atoms with Gasteiger partial charge in [0.15, 0.2) is 5.60 Å². The van der Waals surface area contributed by atoms with Gasteiger partial charge in [0.1, 0.15) is 0 Å². The van der Waals surface area contributed by atoms with Gasteiger partial charge in [-0.15, -0.1) is 0 Å². The smallest absolute Gasteiger partial charge is 0.261 e. The van der Waals surface area contributed by atoms with E-state index < -0.39 is 17.6 Å². The molecule has 0 aliphatic heterocycles. The fourth-order valence-electron chi connectivity index (χ4n) is 2.16. The van der Waals surface area contributed by atoms with E-state index in [0.717, 1.165) is 0 Å². The summed E-state index contributed by atoms with van der Waals surface area (Å²) in [6.45, 7) is 1.66. The van der Waals surface area contributed by atoms with Gasteiger partial charge >= 0.3 is 0 Å². The zero-order valence-electron chi connectivity index (χ0n) is 11.9. The molecule has 4 heteroatoms. The minimum atomic E-state index is -1.78. The summed E-state index contributed by atoms with van der Waals surface area (Å²) >= 11 is 0. The third-order valence-electron chi connectivity index (χ3n) is 3.27. The highest BCUT2D eigenvalue weighted by atomic mass is 16.3. The largest absolute Gasteiger partial charge is 0.392 e. The number of amides is 1. The van der Waals surface area contributed by atoms with Gasteiger partial charge in [0.25, 0.3) is 5.91 Å². The molecular formula is C17H19NO3. The van der Waals surface area contributed by atoms with Gasteiger partial charge < -0.3 is 15.5 Å². The zero-order chi connectivity index (χ0) is 15.3. The second kappa shape index (κ2) is 6.52. The lowest BCUT2D eigenvalue weighted by molar-refractivity contribution is -0.137. The molecule has 0 aliphatic carbocycles. The molecule has 1 amide bonds. The van der Waals surface area contributed by atoms with Crippen molar-refractivity contribution in [2.75, 3.05) is 6.54 Å². The van der Waals surface area contributed by atoms with Gasteiger partial charge in [-0.1, -0.05) is 60.7 Å². The van der Waals surface area contributed by atoms with Crippen molar-refractivity contribution in [2.45, 2.75) is 18.6 Å². The quantitative estimate of drug-likeness (QED) is 0.778. The van der Waals surface area contributed by atoms with E-state index in [4.69, 9.17) is 0 Å². The van der Waals surface area contributed by atoms with E-state index in [9.17, 15) is 15.0 Å². The van der Waals surface area contributed by atoms with Gasteiger partial charge in [-0.2, -0.15) is 0 Å². The van der Waals surface area contributed by atoms with E-state index >= 15 is 0 Å². The van der Waals surface area contributed by atoms with Crippen LogP contribution in [0.15, 0.2) is 60.7 Å². The average molecular weight is 285 g/mol. The molecule has 0 fully saturated rings. The molecule has 2 rings (SSSR count). The van der Waals surface area contributed by atoms with Gasteiger partial charge in [0, 0.05) is 6.54 Å². The molecule has 4 nitrogen and oxygen atoms in total. The van der Waals surface area contributed by atoms with Crippen LogP contribution in [0.5, 0.6) is 0 Å². The summed E-state index contributed by atoms with van der Waals surface area (Å²) in [4.78, 5) is 12.5. The Bertz CT molecular complexity index is 542. The Morgan fingerprint density at radius 2 is 1.48 bits per heavy atom. The number of carbonyl (C=O) groups is 1. The molecule has 0 aliphatic rings. The minimum Gasteiger partial charge on any atom is -0.392 e. The normalized spacial score (nSPS) is 12.7. The average Bonchev–Trinajstić information content (AvgIpc) is 2.53. The van der Waals surface area contributed by atoms with Crippen molar-refractivity contribution in [1.29, 1.82) is 0 Å². The van der Waals surface area contributed by atoms with E-state index in [2.05, 4.69) is 5.32 Å². The highest BCUT2D eigenvalue weighted by Crippen LogP contribution is 2.29. The minimum absolute atomic E-state index is 0.0841. The number of carbonyl (C=O) groups excluding carboxylic acids is 1. The van der Waals surface area contributed by atoms with Crippen molar-refractivity contribution in [1.82, 2.24) is 5.32 Å². The number of hydrogen-bond acceptors (Lipinski definition) is 3. The lowest BCUT2D eigenvalue weighted by Crippen LogP contribution is -2.47. The van der Waals surface area contributed by atoms with Crippen molar-refractivity contribution in [2.24, 2.45) is 0 Å². The highest BCUT2D eigenvalue weighted by molar-refractivity contribution is 5.90. The molecule has 0 saturated heterocycles. The van der Waals surface area contributed by atoms with Crippen molar-refractivity contribution >= 4 is 5.91 Å². The predicted octanol–water partition coefficient (Wildman–Crippen LogP) is 1.42. The maximum absolute atomic E-state index is 12.5. The molecule has 0 heterocycles. The van der Waals surface area contributed by atoms with Crippen LogP contribution >= 0.6 is 0 Å². The van der Waals surface area contributed by atoms with Gasteiger partial charge in [-0.3, -0.25) is 4.79 Å².